The van der Waals surface area contributed by atoms with E-state index in [1.165, 1.54) is 12.1 Å². The Morgan fingerprint density at radius 3 is 2.66 bits per heavy atom. The van der Waals surface area contributed by atoms with Gasteiger partial charge in [-0.15, -0.1) is 23.4 Å². The molecule has 2 aromatic carbocycles. The van der Waals surface area contributed by atoms with E-state index in [0.717, 1.165) is 59.9 Å². The predicted molar refractivity (Wildman–Crippen MR) is 168 cm³/mol. The monoisotopic (exact) mass is 653 g/mol. The van der Waals surface area contributed by atoms with Crippen LogP contribution >= 0.6 is 0 Å². The number of halogens is 3. The Hall–Kier alpha value is -4.47. The number of nitrogens with one attached hydrogen (secondary N) is 3. The molecule has 47 heavy (non-hydrogen) atoms. The Bertz CT molecular complexity index is 1700. The van der Waals surface area contributed by atoms with E-state index < -0.39 is 6.36 Å². The molecule has 1 saturated heterocycles. The highest BCUT2D eigenvalue weighted by Crippen LogP contribution is 2.28. The van der Waals surface area contributed by atoms with Crippen LogP contribution in [0.5, 0.6) is 5.75 Å². The Labute approximate surface area is 269 Å². The van der Waals surface area contributed by atoms with E-state index in [9.17, 15) is 13.2 Å². The van der Waals surface area contributed by atoms with Gasteiger partial charge in [-0.2, -0.15) is 10.2 Å². The highest BCUT2D eigenvalue weighted by atomic mass is 19.4. The van der Waals surface area contributed by atoms with Gasteiger partial charge in [0.1, 0.15) is 24.6 Å². The van der Waals surface area contributed by atoms with Gasteiger partial charge < -0.3 is 24.8 Å². The molecule has 4 heterocycles. The molecule has 0 radical (unpaired) electrons. The van der Waals surface area contributed by atoms with E-state index in [2.05, 4.69) is 40.9 Å². The van der Waals surface area contributed by atoms with Crippen molar-refractivity contribution in [3.05, 3.63) is 78.3 Å². The van der Waals surface area contributed by atoms with Crippen molar-refractivity contribution in [3.63, 3.8) is 0 Å². The lowest BCUT2D eigenvalue weighted by molar-refractivity contribution is -0.274. The maximum Gasteiger partial charge on any atom is 0.573 e. The molecule has 0 aliphatic carbocycles. The second kappa shape index (κ2) is 15.4. The first kappa shape index (κ1) is 32.5. The molecule has 3 aromatic heterocycles. The summed E-state index contributed by atoms with van der Waals surface area (Å²) in [5.74, 6) is -0.226. The van der Waals surface area contributed by atoms with Crippen LogP contribution in [0.2, 0.25) is 0 Å². The molecule has 0 amide bonds. The smallest absolute Gasteiger partial charge is 0.406 e. The molecule has 0 bridgehead atoms. The van der Waals surface area contributed by atoms with Gasteiger partial charge in [0.2, 0.25) is 0 Å². The van der Waals surface area contributed by atoms with Crippen LogP contribution in [0, 0.1) is 0 Å². The fourth-order valence-corrected chi connectivity index (χ4v) is 5.63. The van der Waals surface area contributed by atoms with Crippen LogP contribution in [-0.4, -0.2) is 74.0 Å². The third kappa shape index (κ3) is 9.30. The number of fused-ring (bicyclic) bond motifs is 1. The number of benzene rings is 2. The number of ether oxygens (including phenoxy) is 3. The molecule has 5 aromatic rings. The van der Waals surface area contributed by atoms with E-state index in [-0.39, 0.29) is 12.0 Å². The van der Waals surface area contributed by atoms with Gasteiger partial charge in [-0.3, -0.25) is 9.67 Å². The number of hydrogen-bond acceptors (Lipinski definition) is 9. The Kier molecular flexibility index (Phi) is 10.6. The molecular weight excluding hydrogens is 615 g/mol. The fraction of sp³-hybridized carbons (Fsp3) is 0.438. The largest absolute Gasteiger partial charge is 0.573 e. The molecule has 250 valence electrons. The van der Waals surface area contributed by atoms with Gasteiger partial charge in [0.15, 0.2) is 0 Å². The highest BCUT2D eigenvalue weighted by Gasteiger charge is 2.31. The van der Waals surface area contributed by atoms with E-state index in [0.29, 0.717) is 57.0 Å². The summed E-state index contributed by atoms with van der Waals surface area (Å²) in [4.78, 5) is 0. The third-order valence-electron chi connectivity index (χ3n) is 7.82. The van der Waals surface area contributed by atoms with Crippen molar-refractivity contribution in [3.8, 4) is 11.4 Å². The summed E-state index contributed by atoms with van der Waals surface area (Å²) in [7, 11) is 0. The van der Waals surface area contributed by atoms with Crippen LogP contribution in [0.1, 0.15) is 55.0 Å². The number of unbranched alkanes of at least 4 members (excludes halogenated alkanes) is 1. The van der Waals surface area contributed by atoms with Crippen molar-refractivity contribution >= 4 is 16.6 Å². The molecule has 15 heteroatoms. The number of aromatic nitrogens is 7. The maximum atomic E-state index is 13.1. The number of rotatable bonds is 16. The minimum absolute atomic E-state index is 0.0948. The molecule has 1 unspecified atom stereocenters. The quantitative estimate of drug-likeness (QED) is 0.118. The highest BCUT2D eigenvalue weighted by molar-refractivity contribution is 5.93. The topological polar surface area (TPSA) is 129 Å². The van der Waals surface area contributed by atoms with Crippen molar-refractivity contribution in [1.82, 2.24) is 40.1 Å². The molecule has 1 aliphatic rings. The van der Waals surface area contributed by atoms with Gasteiger partial charge in [0, 0.05) is 50.0 Å². The van der Waals surface area contributed by atoms with E-state index in [1.807, 2.05) is 29.0 Å². The van der Waals surface area contributed by atoms with Gasteiger partial charge in [0.05, 0.1) is 30.2 Å². The minimum atomic E-state index is -4.77. The zero-order chi connectivity index (χ0) is 32.5. The number of nitrogens with zero attached hydrogens (tertiary/aromatic N) is 6. The lowest BCUT2D eigenvalue weighted by Crippen LogP contribution is -2.19. The van der Waals surface area contributed by atoms with E-state index in [4.69, 9.17) is 9.47 Å². The van der Waals surface area contributed by atoms with Crippen molar-refractivity contribution in [1.29, 1.82) is 0 Å². The van der Waals surface area contributed by atoms with Crippen LogP contribution < -0.4 is 15.4 Å². The Morgan fingerprint density at radius 2 is 1.83 bits per heavy atom. The average Bonchev–Trinajstić information content (AvgIpc) is 3.84. The molecule has 1 aliphatic heterocycles. The average molecular weight is 654 g/mol. The summed E-state index contributed by atoms with van der Waals surface area (Å²) in [6, 6.07) is 8.77. The molecule has 0 saturated carbocycles. The lowest BCUT2D eigenvalue weighted by Gasteiger charge is -2.22. The van der Waals surface area contributed by atoms with Gasteiger partial charge in [-0.1, -0.05) is 6.07 Å². The summed E-state index contributed by atoms with van der Waals surface area (Å²) in [5, 5.41) is 27.1. The van der Waals surface area contributed by atoms with Gasteiger partial charge in [0.25, 0.3) is 0 Å². The standard InChI is InChI=1S/C32H38F3N9O3/c33-32(34,35)47-27-13-23(12-25-18-41-44(20-25)31-5-1-3-9-46-31)11-24(14-27)17-36-6-2-4-8-45-10-7-37-29-15-26(43-21-39-40-22-43)16-30-28(29)19-38-42-30/h11,13-16,18-22,31,36-37H,1-10,12,17H2,(H,38,42). The number of anilines is 1. The summed E-state index contributed by atoms with van der Waals surface area (Å²) in [6.07, 6.45) is 8.99. The first-order valence-electron chi connectivity index (χ1n) is 15.8. The second-order valence-corrected chi connectivity index (χ2v) is 11.5. The molecule has 6 rings (SSSR count). The second-order valence-electron chi connectivity index (χ2n) is 11.5. The molecule has 3 N–H and O–H groups in total. The predicted octanol–water partition coefficient (Wildman–Crippen LogP) is 5.53. The number of H-pyrrole nitrogens is 1. The molecule has 12 nitrogen and oxygen atoms in total. The van der Waals surface area contributed by atoms with Crippen LogP contribution in [0.3, 0.4) is 0 Å². The van der Waals surface area contributed by atoms with Gasteiger partial charge in [-0.25, -0.2) is 4.68 Å². The Morgan fingerprint density at radius 1 is 0.957 bits per heavy atom. The van der Waals surface area contributed by atoms with Crippen LogP contribution in [0.25, 0.3) is 16.6 Å². The summed E-state index contributed by atoms with van der Waals surface area (Å²) >= 11 is 0. The minimum Gasteiger partial charge on any atom is -0.406 e. The first-order valence-corrected chi connectivity index (χ1v) is 15.8. The van der Waals surface area contributed by atoms with E-state index in [1.54, 1.807) is 29.7 Å². The van der Waals surface area contributed by atoms with Crippen molar-refractivity contribution in [2.45, 2.75) is 57.7 Å². The first-order chi connectivity index (χ1) is 22.9. The zero-order valence-corrected chi connectivity index (χ0v) is 25.9. The van der Waals surface area contributed by atoms with Gasteiger partial charge in [-0.05, 0) is 79.6 Å². The number of hydrogen-bond donors (Lipinski definition) is 3. The summed E-state index contributed by atoms with van der Waals surface area (Å²) in [5.41, 5.74) is 5.08. The molecule has 1 fully saturated rings. The van der Waals surface area contributed by atoms with Crippen LogP contribution in [0.15, 0.2) is 61.6 Å². The Balaban J connectivity index is 0.924. The van der Waals surface area contributed by atoms with Crippen molar-refractivity contribution < 1.29 is 27.4 Å². The van der Waals surface area contributed by atoms with Gasteiger partial charge >= 0.3 is 6.36 Å². The fourth-order valence-electron chi connectivity index (χ4n) is 5.63. The summed E-state index contributed by atoms with van der Waals surface area (Å²) in [6.45, 7) is 3.57. The molecular formula is C32H38F3N9O3. The zero-order valence-electron chi connectivity index (χ0n) is 25.9. The van der Waals surface area contributed by atoms with Crippen LogP contribution in [-0.2, 0) is 22.4 Å². The third-order valence-corrected chi connectivity index (χ3v) is 7.82. The van der Waals surface area contributed by atoms with Crippen molar-refractivity contribution in [2.75, 3.05) is 38.2 Å². The maximum absolute atomic E-state index is 13.1. The van der Waals surface area contributed by atoms with Crippen LogP contribution in [0.4, 0.5) is 18.9 Å². The summed E-state index contributed by atoms with van der Waals surface area (Å²) < 4.78 is 58.7. The SMILES string of the molecule is FC(F)(F)Oc1cc(CNCCCCOCCNc2cc(-n3cnnc3)cc3[nH]ncc23)cc(Cc2cnn(C3CCCCO3)c2)c1. The number of aromatic amines is 1. The normalized spacial score (nSPS) is 15.3. The van der Waals surface area contributed by atoms with E-state index >= 15 is 0 Å². The lowest BCUT2D eigenvalue weighted by atomic mass is 10.0. The number of alkyl halides is 3. The molecule has 1 atom stereocenters. The molecule has 0 spiro atoms. The van der Waals surface area contributed by atoms with Crippen molar-refractivity contribution in [2.24, 2.45) is 0 Å².